The van der Waals surface area contributed by atoms with E-state index in [-0.39, 0.29) is 17.7 Å². The Morgan fingerprint density at radius 2 is 1.71 bits per heavy atom. The predicted molar refractivity (Wildman–Crippen MR) is 115 cm³/mol. The number of anilines is 1. The second kappa shape index (κ2) is 7.65. The maximum atomic E-state index is 13.3. The zero-order valence-electron chi connectivity index (χ0n) is 17.3. The number of hydrogen-bond donors (Lipinski definition) is 1. The van der Waals surface area contributed by atoms with Crippen molar-refractivity contribution in [2.45, 2.75) is 33.4 Å². The maximum absolute atomic E-state index is 13.3. The van der Waals surface area contributed by atoms with Crippen molar-refractivity contribution in [1.82, 2.24) is 4.98 Å². The van der Waals surface area contributed by atoms with Crippen LogP contribution in [0.25, 0.3) is 11.1 Å². The monoisotopic (exact) mass is 423 g/mol. The normalized spacial score (nSPS) is 13.9. The van der Waals surface area contributed by atoms with Crippen LogP contribution in [0.3, 0.4) is 0 Å². The van der Waals surface area contributed by atoms with Crippen molar-refractivity contribution in [1.29, 1.82) is 0 Å². The molecule has 0 aliphatic carbocycles. The van der Waals surface area contributed by atoms with Gasteiger partial charge in [-0.2, -0.15) is 13.2 Å². The van der Waals surface area contributed by atoms with E-state index >= 15 is 0 Å². The molecule has 0 atom stereocenters. The van der Waals surface area contributed by atoms with Gasteiger partial charge in [-0.05, 0) is 72.9 Å². The van der Waals surface area contributed by atoms with Gasteiger partial charge in [0.05, 0.1) is 29.1 Å². The van der Waals surface area contributed by atoms with E-state index in [1.807, 2.05) is 50.4 Å². The number of amides is 1. The molecule has 0 saturated carbocycles. The Morgan fingerprint density at radius 1 is 0.968 bits per heavy atom. The molecular formula is C24H20F3N3O. The predicted octanol–water partition coefficient (Wildman–Crippen LogP) is 6.16. The number of alkyl halides is 3. The third-order valence-electron chi connectivity index (χ3n) is 5.25. The van der Waals surface area contributed by atoms with Crippen LogP contribution in [0, 0.1) is 20.8 Å². The molecule has 1 N–H and O–H groups in total. The van der Waals surface area contributed by atoms with E-state index in [0.29, 0.717) is 11.4 Å². The number of hydrogen-bond acceptors (Lipinski definition) is 3. The Hall–Kier alpha value is -3.48. The molecule has 0 radical (unpaired) electrons. The Kier molecular flexibility index (Phi) is 5.13. The number of benzene rings is 2. The summed E-state index contributed by atoms with van der Waals surface area (Å²) in [6, 6.07) is 11.9. The van der Waals surface area contributed by atoms with Crippen molar-refractivity contribution >= 4 is 23.0 Å². The number of aryl methyl sites for hydroxylation is 3. The second-order valence-corrected chi connectivity index (χ2v) is 7.69. The van der Waals surface area contributed by atoms with Gasteiger partial charge in [-0.15, -0.1) is 0 Å². The third kappa shape index (κ3) is 4.21. The first-order valence-electron chi connectivity index (χ1n) is 9.75. The zero-order valence-corrected chi connectivity index (χ0v) is 17.3. The molecular weight excluding hydrogens is 403 g/mol. The van der Waals surface area contributed by atoms with E-state index in [9.17, 15) is 18.0 Å². The molecule has 7 heteroatoms. The van der Waals surface area contributed by atoms with Gasteiger partial charge in [0.25, 0.3) is 0 Å². The Morgan fingerprint density at radius 3 is 2.45 bits per heavy atom. The molecule has 1 aliphatic rings. The van der Waals surface area contributed by atoms with Crippen LogP contribution in [0.1, 0.15) is 34.4 Å². The standard InChI is InChI=1S/C24H20F3N3O/c1-13-7-21-22(10-19(13)24(25,26)27)30-23(31)11-20(29-21)17-6-4-5-16(9-17)18-8-15(3)28-12-14(18)2/h4-10,12H,11H2,1-3H3,(H,30,31). The fraction of sp³-hybridized carbons (Fsp3) is 0.208. The van der Waals surface area contributed by atoms with E-state index in [1.165, 1.54) is 13.0 Å². The van der Waals surface area contributed by atoms with Gasteiger partial charge in [0.15, 0.2) is 0 Å². The van der Waals surface area contributed by atoms with Gasteiger partial charge in [-0.25, -0.2) is 0 Å². The third-order valence-corrected chi connectivity index (χ3v) is 5.25. The van der Waals surface area contributed by atoms with Gasteiger partial charge >= 0.3 is 6.18 Å². The number of halogens is 3. The van der Waals surface area contributed by atoms with Crippen LogP contribution in [0.4, 0.5) is 24.5 Å². The first kappa shape index (κ1) is 20.8. The number of rotatable bonds is 2. The minimum atomic E-state index is -4.50. The van der Waals surface area contributed by atoms with E-state index in [0.717, 1.165) is 34.0 Å². The van der Waals surface area contributed by atoms with Crippen LogP contribution in [-0.4, -0.2) is 16.6 Å². The average molecular weight is 423 g/mol. The Balaban J connectivity index is 1.81. The summed E-state index contributed by atoms with van der Waals surface area (Å²) >= 11 is 0. The number of nitrogens with one attached hydrogen (secondary N) is 1. The molecule has 1 amide bonds. The van der Waals surface area contributed by atoms with Gasteiger partial charge in [0, 0.05) is 11.9 Å². The first-order valence-corrected chi connectivity index (χ1v) is 9.75. The van der Waals surface area contributed by atoms with Gasteiger partial charge < -0.3 is 5.32 Å². The molecule has 4 rings (SSSR count). The number of pyridine rings is 1. The van der Waals surface area contributed by atoms with E-state index in [1.54, 1.807) is 0 Å². The molecule has 0 saturated heterocycles. The lowest BCUT2D eigenvalue weighted by molar-refractivity contribution is -0.138. The molecule has 1 aliphatic heterocycles. The summed E-state index contributed by atoms with van der Waals surface area (Å²) in [6.45, 7) is 5.28. The molecule has 3 aromatic rings. The molecule has 1 aromatic heterocycles. The summed E-state index contributed by atoms with van der Waals surface area (Å²) in [7, 11) is 0. The number of carbonyl (C=O) groups excluding carboxylic acids is 1. The zero-order chi connectivity index (χ0) is 22.3. The largest absolute Gasteiger partial charge is 0.416 e. The number of nitrogens with zero attached hydrogens (tertiary/aromatic N) is 2. The molecule has 2 heterocycles. The first-order chi connectivity index (χ1) is 14.6. The van der Waals surface area contributed by atoms with Crippen LogP contribution in [0.2, 0.25) is 0 Å². The lowest BCUT2D eigenvalue weighted by Gasteiger charge is -2.13. The molecule has 2 aromatic carbocycles. The van der Waals surface area contributed by atoms with Crippen LogP contribution in [0.15, 0.2) is 53.7 Å². The van der Waals surface area contributed by atoms with E-state index in [4.69, 9.17) is 0 Å². The lowest BCUT2D eigenvalue weighted by atomic mass is 9.97. The number of fused-ring (bicyclic) bond motifs is 1. The van der Waals surface area contributed by atoms with E-state index < -0.39 is 17.6 Å². The van der Waals surface area contributed by atoms with Gasteiger partial charge in [-0.1, -0.05) is 18.2 Å². The van der Waals surface area contributed by atoms with Crippen molar-refractivity contribution in [2.75, 3.05) is 5.32 Å². The summed E-state index contributed by atoms with van der Waals surface area (Å²) < 4.78 is 39.8. The highest BCUT2D eigenvalue weighted by molar-refractivity contribution is 6.17. The topological polar surface area (TPSA) is 54.4 Å². The van der Waals surface area contributed by atoms with Crippen molar-refractivity contribution in [2.24, 2.45) is 4.99 Å². The number of aromatic nitrogens is 1. The molecule has 31 heavy (non-hydrogen) atoms. The van der Waals surface area contributed by atoms with Crippen LogP contribution in [-0.2, 0) is 11.0 Å². The van der Waals surface area contributed by atoms with E-state index in [2.05, 4.69) is 15.3 Å². The molecule has 0 unspecified atom stereocenters. The Bertz CT molecular complexity index is 1230. The van der Waals surface area contributed by atoms with Crippen molar-refractivity contribution < 1.29 is 18.0 Å². The fourth-order valence-electron chi connectivity index (χ4n) is 3.69. The van der Waals surface area contributed by atoms with Gasteiger partial charge in [0.2, 0.25) is 5.91 Å². The minimum Gasteiger partial charge on any atom is -0.324 e. The second-order valence-electron chi connectivity index (χ2n) is 7.69. The van der Waals surface area contributed by atoms with Crippen LogP contribution >= 0.6 is 0 Å². The smallest absolute Gasteiger partial charge is 0.324 e. The molecule has 4 nitrogen and oxygen atoms in total. The highest BCUT2D eigenvalue weighted by atomic mass is 19.4. The van der Waals surface area contributed by atoms with Crippen molar-refractivity contribution in [3.63, 3.8) is 0 Å². The minimum absolute atomic E-state index is 0.0348. The summed E-state index contributed by atoms with van der Waals surface area (Å²) in [5, 5.41) is 2.56. The fourth-order valence-corrected chi connectivity index (χ4v) is 3.69. The van der Waals surface area contributed by atoms with Crippen molar-refractivity contribution in [3.05, 3.63) is 76.6 Å². The molecule has 0 fully saturated rings. The van der Waals surface area contributed by atoms with Gasteiger partial charge in [0.1, 0.15) is 0 Å². The SMILES string of the molecule is Cc1cc(-c2cccc(C3=Nc4cc(C)c(C(F)(F)F)cc4NC(=O)C3)c2)c(C)cn1. The van der Waals surface area contributed by atoms with Crippen LogP contribution < -0.4 is 5.32 Å². The quantitative estimate of drug-likeness (QED) is 0.537. The van der Waals surface area contributed by atoms with Crippen LogP contribution in [0.5, 0.6) is 0 Å². The molecule has 0 spiro atoms. The molecule has 158 valence electrons. The molecule has 0 bridgehead atoms. The highest BCUT2D eigenvalue weighted by Crippen LogP contribution is 2.39. The summed E-state index contributed by atoms with van der Waals surface area (Å²) in [6.07, 6.45) is -2.73. The van der Waals surface area contributed by atoms with Gasteiger partial charge in [-0.3, -0.25) is 14.8 Å². The highest BCUT2D eigenvalue weighted by Gasteiger charge is 2.34. The van der Waals surface area contributed by atoms with Crippen molar-refractivity contribution in [3.8, 4) is 11.1 Å². The lowest BCUT2D eigenvalue weighted by Crippen LogP contribution is -2.15. The summed E-state index contributed by atoms with van der Waals surface area (Å²) in [4.78, 5) is 21.3. The number of aliphatic imine (C=N–C) groups is 1. The Labute approximate surface area is 177 Å². The summed E-state index contributed by atoms with van der Waals surface area (Å²) in [5.41, 5.74) is 4.79. The maximum Gasteiger partial charge on any atom is 0.416 e. The average Bonchev–Trinajstić information content (AvgIpc) is 2.86. The number of carbonyl (C=O) groups is 1. The summed E-state index contributed by atoms with van der Waals surface area (Å²) in [5.74, 6) is -0.407.